The number of para-hydroxylation sites is 1. The number of nitrogens with one attached hydrogen (secondary N) is 1. The van der Waals surface area contributed by atoms with Gasteiger partial charge in [-0.3, -0.25) is 4.79 Å². The van der Waals surface area contributed by atoms with Crippen molar-refractivity contribution >= 4 is 39.2 Å². The number of benzene rings is 2. The molecule has 0 aliphatic carbocycles. The van der Waals surface area contributed by atoms with Crippen molar-refractivity contribution in [2.24, 2.45) is 5.92 Å². The van der Waals surface area contributed by atoms with Crippen molar-refractivity contribution in [3.8, 4) is 6.07 Å². The van der Waals surface area contributed by atoms with E-state index in [9.17, 15) is 4.79 Å². The van der Waals surface area contributed by atoms with Gasteiger partial charge in [-0.05, 0) is 56.2 Å². The van der Waals surface area contributed by atoms with Gasteiger partial charge in [0.15, 0.2) is 0 Å². The molecule has 0 spiro atoms. The third-order valence-corrected chi connectivity index (χ3v) is 6.42. The Hall–Kier alpha value is -3.85. The number of hydrogen-bond acceptors (Lipinski definition) is 4. The molecule has 32 heavy (non-hydrogen) atoms. The molecular formula is C26H25N5O. The number of nitriles is 1. The predicted octanol–water partition coefficient (Wildman–Crippen LogP) is 4.94. The number of carbonyl (C=O) groups is 1. The average molecular weight is 424 g/mol. The molecule has 160 valence electrons. The number of carbonyl (C=O) groups excluding carboxylic acids is 1. The van der Waals surface area contributed by atoms with Crippen molar-refractivity contribution in [1.29, 1.82) is 5.26 Å². The van der Waals surface area contributed by atoms with Gasteiger partial charge in [0.25, 0.3) is 0 Å². The Bertz CT molecular complexity index is 1320. The van der Waals surface area contributed by atoms with Crippen LogP contribution in [-0.2, 0) is 11.3 Å². The van der Waals surface area contributed by atoms with Gasteiger partial charge in [0.2, 0.25) is 5.91 Å². The van der Waals surface area contributed by atoms with E-state index in [0.717, 1.165) is 44.0 Å². The molecule has 1 N–H and O–H groups in total. The molecule has 2 aromatic carbocycles. The lowest BCUT2D eigenvalue weighted by Gasteiger charge is -2.32. The number of hydrogen-bond donors (Lipinski definition) is 1. The summed E-state index contributed by atoms with van der Waals surface area (Å²) in [6.45, 7) is 4.61. The monoisotopic (exact) mass is 423 g/mol. The van der Waals surface area contributed by atoms with Crippen LogP contribution in [-0.4, -0.2) is 28.5 Å². The van der Waals surface area contributed by atoms with E-state index in [1.807, 2.05) is 12.1 Å². The summed E-state index contributed by atoms with van der Waals surface area (Å²) in [5, 5.41) is 14.5. The van der Waals surface area contributed by atoms with Gasteiger partial charge >= 0.3 is 0 Å². The lowest BCUT2D eigenvalue weighted by molar-refractivity contribution is -0.120. The van der Waals surface area contributed by atoms with Crippen LogP contribution in [0.3, 0.4) is 0 Å². The van der Waals surface area contributed by atoms with Crippen molar-refractivity contribution in [1.82, 2.24) is 9.55 Å². The number of pyridine rings is 1. The van der Waals surface area contributed by atoms with Crippen molar-refractivity contribution < 1.29 is 4.79 Å². The minimum absolute atomic E-state index is 0.0164. The molecule has 4 aromatic rings. The highest BCUT2D eigenvalue weighted by Crippen LogP contribution is 2.31. The normalized spacial score (nSPS) is 14.6. The summed E-state index contributed by atoms with van der Waals surface area (Å²) in [5.74, 6) is 0.925. The summed E-state index contributed by atoms with van der Waals surface area (Å²) in [4.78, 5) is 19.5. The summed E-state index contributed by atoms with van der Waals surface area (Å²) >= 11 is 0. The van der Waals surface area contributed by atoms with Crippen molar-refractivity contribution in [2.45, 2.75) is 26.3 Å². The summed E-state index contributed by atoms with van der Waals surface area (Å²) in [5.41, 5.74) is 3.81. The largest absolute Gasteiger partial charge is 0.357 e. The first kappa shape index (κ1) is 20.1. The lowest BCUT2D eigenvalue weighted by atomic mass is 9.95. The Morgan fingerprint density at radius 3 is 2.59 bits per heavy atom. The molecule has 1 fully saturated rings. The predicted molar refractivity (Wildman–Crippen MR) is 128 cm³/mol. The average Bonchev–Trinajstić information content (AvgIpc) is 3.17. The number of piperidine rings is 1. The third-order valence-electron chi connectivity index (χ3n) is 6.42. The summed E-state index contributed by atoms with van der Waals surface area (Å²) in [6, 6.07) is 20.4. The highest BCUT2D eigenvalue weighted by atomic mass is 16.1. The molecule has 2 aromatic heterocycles. The van der Waals surface area contributed by atoms with Gasteiger partial charge in [-0.1, -0.05) is 18.2 Å². The summed E-state index contributed by atoms with van der Waals surface area (Å²) in [7, 11) is 0. The van der Waals surface area contributed by atoms with Crippen LogP contribution in [0.15, 0.2) is 60.8 Å². The van der Waals surface area contributed by atoms with E-state index >= 15 is 0 Å². The zero-order valence-electron chi connectivity index (χ0n) is 18.1. The van der Waals surface area contributed by atoms with Gasteiger partial charge in [-0.2, -0.15) is 5.26 Å². The number of amides is 1. The fraction of sp³-hybridized carbons (Fsp3) is 0.269. The van der Waals surface area contributed by atoms with Gasteiger partial charge in [-0.25, -0.2) is 4.98 Å². The Balaban J connectivity index is 1.29. The molecule has 1 saturated heterocycles. The standard InChI is InChI=1S/C26H25N5O/c1-2-31-23-6-4-3-5-21(23)22-15-20(8-9-24(22)31)29-26(32)19-11-13-30(14-12-19)25-10-7-18(16-27)17-28-25/h3-10,15,17,19H,2,11-14H2,1H3,(H,29,32). The Labute approximate surface area is 187 Å². The minimum Gasteiger partial charge on any atom is -0.357 e. The van der Waals surface area contributed by atoms with Crippen LogP contribution in [0.2, 0.25) is 0 Å². The molecule has 1 aliphatic rings. The van der Waals surface area contributed by atoms with E-state index < -0.39 is 0 Å². The van der Waals surface area contributed by atoms with Crippen LogP contribution >= 0.6 is 0 Å². The summed E-state index contributed by atoms with van der Waals surface area (Å²) in [6.07, 6.45) is 3.16. The molecule has 3 heterocycles. The molecule has 0 unspecified atom stereocenters. The SMILES string of the molecule is CCn1c2ccccc2c2cc(NC(=O)C3CCN(c4ccc(C#N)cn4)CC3)ccc21. The highest BCUT2D eigenvalue weighted by Gasteiger charge is 2.26. The highest BCUT2D eigenvalue weighted by molar-refractivity contribution is 6.09. The van der Waals surface area contributed by atoms with Gasteiger partial charge in [0, 0.05) is 59.2 Å². The maximum atomic E-state index is 13.0. The second kappa shape index (κ2) is 8.35. The van der Waals surface area contributed by atoms with E-state index in [0.29, 0.717) is 5.56 Å². The first-order valence-corrected chi connectivity index (χ1v) is 11.1. The van der Waals surface area contributed by atoms with Crippen LogP contribution in [0.25, 0.3) is 21.8 Å². The molecule has 6 heteroatoms. The quantitative estimate of drug-likeness (QED) is 0.505. The minimum atomic E-state index is -0.0164. The molecule has 0 bridgehead atoms. The van der Waals surface area contributed by atoms with E-state index in [1.54, 1.807) is 12.3 Å². The van der Waals surface area contributed by atoms with E-state index in [4.69, 9.17) is 5.26 Å². The molecule has 1 amide bonds. The molecular weight excluding hydrogens is 398 g/mol. The molecule has 0 radical (unpaired) electrons. The Morgan fingerprint density at radius 1 is 1.09 bits per heavy atom. The van der Waals surface area contributed by atoms with Gasteiger partial charge in [0.05, 0.1) is 5.56 Å². The van der Waals surface area contributed by atoms with E-state index in [1.165, 1.54) is 21.8 Å². The third kappa shape index (κ3) is 3.56. The zero-order valence-corrected chi connectivity index (χ0v) is 18.1. The van der Waals surface area contributed by atoms with E-state index in [-0.39, 0.29) is 11.8 Å². The van der Waals surface area contributed by atoms with Crippen LogP contribution in [0.4, 0.5) is 11.5 Å². The van der Waals surface area contributed by atoms with Crippen molar-refractivity contribution in [2.75, 3.05) is 23.3 Å². The van der Waals surface area contributed by atoms with E-state index in [2.05, 4.69) is 69.2 Å². The second-order valence-electron chi connectivity index (χ2n) is 8.26. The molecule has 0 atom stereocenters. The Kier molecular flexibility index (Phi) is 5.24. The van der Waals surface area contributed by atoms with Crippen LogP contribution in [0.1, 0.15) is 25.3 Å². The maximum Gasteiger partial charge on any atom is 0.227 e. The summed E-state index contributed by atoms with van der Waals surface area (Å²) < 4.78 is 2.31. The van der Waals surface area contributed by atoms with Crippen LogP contribution in [0, 0.1) is 17.2 Å². The number of rotatable bonds is 4. The lowest BCUT2D eigenvalue weighted by Crippen LogP contribution is -2.38. The van der Waals surface area contributed by atoms with Crippen LogP contribution in [0.5, 0.6) is 0 Å². The Morgan fingerprint density at radius 2 is 1.88 bits per heavy atom. The first-order chi connectivity index (χ1) is 15.7. The molecule has 6 nitrogen and oxygen atoms in total. The number of fused-ring (bicyclic) bond motifs is 3. The number of aryl methyl sites for hydroxylation is 1. The fourth-order valence-electron chi connectivity index (χ4n) is 4.73. The maximum absolute atomic E-state index is 13.0. The zero-order chi connectivity index (χ0) is 22.1. The fourth-order valence-corrected chi connectivity index (χ4v) is 4.73. The molecule has 1 aliphatic heterocycles. The number of aromatic nitrogens is 2. The van der Waals surface area contributed by atoms with Gasteiger partial charge < -0.3 is 14.8 Å². The number of anilines is 2. The van der Waals surface area contributed by atoms with Crippen molar-refractivity contribution in [3.05, 3.63) is 66.4 Å². The van der Waals surface area contributed by atoms with Crippen molar-refractivity contribution in [3.63, 3.8) is 0 Å². The smallest absolute Gasteiger partial charge is 0.227 e. The molecule has 5 rings (SSSR count). The second-order valence-corrected chi connectivity index (χ2v) is 8.26. The topological polar surface area (TPSA) is 74.0 Å². The first-order valence-electron chi connectivity index (χ1n) is 11.1. The van der Waals surface area contributed by atoms with Gasteiger partial charge in [0.1, 0.15) is 11.9 Å². The van der Waals surface area contributed by atoms with Crippen LogP contribution < -0.4 is 10.2 Å². The number of nitrogens with zero attached hydrogens (tertiary/aromatic N) is 4. The van der Waals surface area contributed by atoms with Gasteiger partial charge in [-0.15, -0.1) is 0 Å². The molecule has 0 saturated carbocycles.